The smallest absolute Gasteiger partial charge is 0.426 e. The summed E-state index contributed by atoms with van der Waals surface area (Å²) in [6.45, 7) is -0.290. The summed E-state index contributed by atoms with van der Waals surface area (Å²) in [6, 6.07) is 14.2. The molecule has 2 aliphatic rings. The van der Waals surface area contributed by atoms with Gasteiger partial charge in [-0.2, -0.15) is 12.7 Å². The van der Waals surface area contributed by atoms with E-state index in [9.17, 15) is 18.0 Å². The van der Waals surface area contributed by atoms with Gasteiger partial charge in [0.1, 0.15) is 6.61 Å². The number of fused-ring (bicyclic) bond motifs is 3. The number of esters is 1. The van der Waals surface area contributed by atoms with Gasteiger partial charge >= 0.3 is 22.4 Å². The predicted molar refractivity (Wildman–Crippen MR) is 102 cm³/mol. The first-order chi connectivity index (χ1) is 13.9. The van der Waals surface area contributed by atoms with Crippen LogP contribution in [0.1, 0.15) is 23.5 Å². The molecular formula is C20H19NO7S. The van der Waals surface area contributed by atoms with Crippen LogP contribution in [-0.2, 0) is 28.8 Å². The summed E-state index contributed by atoms with van der Waals surface area (Å²) < 4.78 is 39.5. The molecule has 9 heteroatoms. The quantitative estimate of drug-likeness (QED) is 0.707. The van der Waals surface area contributed by atoms with Crippen LogP contribution in [-0.4, -0.2) is 51.2 Å². The average Bonchev–Trinajstić information content (AvgIpc) is 3.04. The van der Waals surface area contributed by atoms with Gasteiger partial charge in [-0.1, -0.05) is 48.5 Å². The molecule has 29 heavy (non-hydrogen) atoms. The Kier molecular flexibility index (Phi) is 5.01. The van der Waals surface area contributed by atoms with E-state index in [1.807, 2.05) is 48.5 Å². The van der Waals surface area contributed by atoms with Crippen LogP contribution in [0.4, 0.5) is 4.79 Å². The second kappa shape index (κ2) is 7.49. The number of nitrogens with zero attached hydrogens (tertiary/aromatic N) is 1. The molecule has 0 spiro atoms. The molecule has 1 aliphatic carbocycles. The van der Waals surface area contributed by atoms with Gasteiger partial charge in [-0.25, -0.2) is 9.59 Å². The summed E-state index contributed by atoms with van der Waals surface area (Å²) in [7, 11) is -3.31. The SMILES string of the molecule is COC(=O)[C@@H]1CCOS(=O)(=O)N1C(=O)OCC1c2ccccc2-c2ccccc21. The summed E-state index contributed by atoms with van der Waals surface area (Å²) in [6.07, 6.45) is -1.17. The Balaban J connectivity index is 1.58. The molecule has 1 heterocycles. The van der Waals surface area contributed by atoms with E-state index in [2.05, 4.69) is 4.74 Å². The van der Waals surface area contributed by atoms with Crippen molar-refractivity contribution in [1.82, 2.24) is 4.31 Å². The number of methoxy groups -OCH3 is 1. The molecule has 152 valence electrons. The highest BCUT2D eigenvalue weighted by atomic mass is 32.2. The third-order valence-corrected chi connectivity index (χ3v) is 6.49. The molecular weight excluding hydrogens is 398 g/mol. The normalized spacial score (nSPS) is 19.9. The fraction of sp³-hybridized carbons (Fsp3) is 0.300. The molecule has 0 unspecified atom stereocenters. The fourth-order valence-corrected chi connectivity index (χ4v) is 4.98. The number of carbonyl (C=O) groups excluding carboxylic acids is 2. The third-order valence-electron chi connectivity index (χ3n) is 5.14. The minimum Gasteiger partial charge on any atom is -0.467 e. The molecule has 0 aromatic heterocycles. The van der Waals surface area contributed by atoms with Crippen molar-refractivity contribution in [3.05, 3.63) is 59.7 Å². The number of hydrogen-bond acceptors (Lipinski definition) is 7. The van der Waals surface area contributed by atoms with Gasteiger partial charge in [0.05, 0.1) is 13.7 Å². The Hall–Kier alpha value is -2.91. The van der Waals surface area contributed by atoms with E-state index in [0.717, 1.165) is 29.4 Å². The van der Waals surface area contributed by atoms with Crippen LogP contribution in [0.3, 0.4) is 0 Å². The van der Waals surface area contributed by atoms with E-state index >= 15 is 0 Å². The molecule has 2 aromatic rings. The van der Waals surface area contributed by atoms with E-state index < -0.39 is 28.4 Å². The molecule has 0 saturated carbocycles. The summed E-state index contributed by atoms with van der Waals surface area (Å²) in [5.74, 6) is -1.08. The zero-order valence-corrected chi connectivity index (χ0v) is 16.4. The fourth-order valence-electron chi connectivity index (χ4n) is 3.82. The van der Waals surface area contributed by atoms with E-state index in [1.54, 1.807) is 0 Å². The molecule has 1 saturated heterocycles. The van der Waals surface area contributed by atoms with Crippen molar-refractivity contribution >= 4 is 22.4 Å². The van der Waals surface area contributed by atoms with Gasteiger partial charge in [0.15, 0.2) is 6.04 Å². The van der Waals surface area contributed by atoms with Crippen LogP contribution in [0.2, 0.25) is 0 Å². The number of benzene rings is 2. The molecule has 0 N–H and O–H groups in total. The molecule has 4 rings (SSSR count). The predicted octanol–water partition coefficient (Wildman–Crippen LogP) is 2.44. The van der Waals surface area contributed by atoms with Gasteiger partial charge in [-0.3, -0.25) is 4.18 Å². The Morgan fingerprint density at radius 3 is 2.24 bits per heavy atom. The zero-order chi connectivity index (χ0) is 20.6. The maximum Gasteiger partial charge on any atom is 0.426 e. The van der Waals surface area contributed by atoms with E-state index in [4.69, 9.17) is 8.92 Å². The molecule has 0 radical (unpaired) electrons. The molecule has 1 aliphatic heterocycles. The van der Waals surface area contributed by atoms with Crippen molar-refractivity contribution in [3.63, 3.8) is 0 Å². The van der Waals surface area contributed by atoms with Gasteiger partial charge in [0.25, 0.3) is 0 Å². The standard InChI is InChI=1S/C20H19NO7S/c1-26-19(22)18-10-11-28-29(24,25)21(18)20(23)27-12-17-15-8-4-2-6-13(15)14-7-3-5-9-16(14)17/h2-9,17-18H,10-12H2,1H3/t18-/m0/s1. The minimum atomic E-state index is -4.44. The van der Waals surface area contributed by atoms with Crippen molar-refractivity contribution in [2.45, 2.75) is 18.4 Å². The lowest BCUT2D eigenvalue weighted by Crippen LogP contribution is -2.53. The maximum atomic E-state index is 12.7. The van der Waals surface area contributed by atoms with Gasteiger partial charge in [0.2, 0.25) is 0 Å². The second-order valence-electron chi connectivity index (χ2n) is 6.71. The summed E-state index contributed by atoms with van der Waals surface area (Å²) in [4.78, 5) is 24.6. The molecule has 1 atom stereocenters. The highest BCUT2D eigenvalue weighted by Gasteiger charge is 2.45. The van der Waals surface area contributed by atoms with Crippen LogP contribution in [0, 0.1) is 0 Å². The monoisotopic (exact) mass is 417 g/mol. The second-order valence-corrected chi connectivity index (χ2v) is 8.19. The van der Waals surface area contributed by atoms with E-state index in [0.29, 0.717) is 4.31 Å². The molecule has 2 aromatic carbocycles. The maximum absolute atomic E-state index is 12.7. The van der Waals surface area contributed by atoms with Crippen LogP contribution >= 0.6 is 0 Å². The highest BCUT2D eigenvalue weighted by molar-refractivity contribution is 7.85. The van der Waals surface area contributed by atoms with Crippen LogP contribution in [0.5, 0.6) is 0 Å². The van der Waals surface area contributed by atoms with E-state index in [1.165, 1.54) is 0 Å². The topological polar surface area (TPSA) is 99.2 Å². The number of amides is 1. The molecule has 0 bridgehead atoms. The van der Waals surface area contributed by atoms with Gasteiger partial charge in [0, 0.05) is 12.3 Å². The Morgan fingerprint density at radius 1 is 1.07 bits per heavy atom. The number of hydrogen-bond donors (Lipinski definition) is 0. The van der Waals surface area contributed by atoms with Crippen LogP contribution in [0.15, 0.2) is 48.5 Å². The van der Waals surface area contributed by atoms with Gasteiger partial charge in [-0.15, -0.1) is 0 Å². The summed E-state index contributed by atoms with van der Waals surface area (Å²) >= 11 is 0. The van der Waals surface area contributed by atoms with Gasteiger partial charge < -0.3 is 9.47 Å². The number of ether oxygens (including phenoxy) is 2. The lowest BCUT2D eigenvalue weighted by molar-refractivity contribution is -0.146. The summed E-state index contributed by atoms with van der Waals surface area (Å²) in [5.41, 5.74) is 4.07. The largest absolute Gasteiger partial charge is 0.467 e. The lowest BCUT2D eigenvalue weighted by Gasteiger charge is -2.31. The third kappa shape index (κ3) is 3.36. The number of carbonyl (C=O) groups is 2. The Bertz CT molecular complexity index is 1020. The Morgan fingerprint density at radius 2 is 1.66 bits per heavy atom. The Labute approximate surface area is 168 Å². The first kappa shape index (κ1) is 19.4. The molecule has 8 nitrogen and oxygen atoms in total. The molecule has 1 amide bonds. The highest BCUT2D eigenvalue weighted by Crippen LogP contribution is 2.44. The minimum absolute atomic E-state index is 0.00387. The van der Waals surface area contributed by atoms with Crippen LogP contribution in [0.25, 0.3) is 11.1 Å². The average molecular weight is 417 g/mol. The van der Waals surface area contributed by atoms with Crippen LogP contribution < -0.4 is 0 Å². The first-order valence-corrected chi connectivity index (χ1v) is 10.4. The number of rotatable bonds is 3. The van der Waals surface area contributed by atoms with Crippen molar-refractivity contribution in [2.75, 3.05) is 20.3 Å². The zero-order valence-electron chi connectivity index (χ0n) is 15.6. The van der Waals surface area contributed by atoms with E-state index in [-0.39, 0.29) is 25.6 Å². The summed E-state index contributed by atoms with van der Waals surface area (Å²) in [5, 5.41) is 0. The van der Waals surface area contributed by atoms with Crippen molar-refractivity contribution < 1.29 is 31.7 Å². The van der Waals surface area contributed by atoms with Gasteiger partial charge in [-0.05, 0) is 22.3 Å². The first-order valence-electron chi connectivity index (χ1n) is 9.05. The lowest BCUT2D eigenvalue weighted by atomic mass is 9.98. The van der Waals surface area contributed by atoms with Crippen molar-refractivity contribution in [3.8, 4) is 11.1 Å². The van der Waals surface area contributed by atoms with Crippen molar-refractivity contribution in [1.29, 1.82) is 0 Å². The van der Waals surface area contributed by atoms with Crippen molar-refractivity contribution in [2.24, 2.45) is 0 Å². The molecule has 1 fully saturated rings.